The molecule has 2 fully saturated rings. The highest BCUT2D eigenvalue weighted by Gasteiger charge is 2.45. The molecule has 1 aromatic rings. The van der Waals surface area contributed by atoms with E-state index in [4.69, 9.17) is 9.47 Å². The number of benzene rings is 1. The minimum absolute atomic E-state index is 0. The third-order valence-corrected chi connectivity index (χ3v) is 6.70. The Morgan fingerprint density at radius 3 is 2.76 bits per heavy atom. The van der Waals surface area contributed by atoms with Crippen LogP contribution in [0.25, 0.3) is 0 Å². The fraction of sp³-hybridized carbons (Fsp3) is 0.696. The molecule has 29 heavy (non-hydrogen) atoms. The molecule has 2 aliphatic heterocycles. The van der Waals surface area contributed by atoms with Crippen LogP contribution >= 0.6 is 24.0 Å². The molecule has 1 saturated carbocycles. The van der Waals surface area contributed by atoms with Crippen LogP contribution in [-0.4, -0.2) is 52.5 Å². The molecule has 6 heteroatoms. The maximum absolute atomic E-state index is 5.90. The van der Waals surface area contributed by atoms with Gasteiger partial charge in [-0.2, -0.15) is 0 Å². The Labute approximate surface area is 192 Å². The standard InChI is InChI=1S/C23H35N3O2.HI/c1-24-22(25-13-6-14-28-17-19-9-15-27-16-10-19)26-18-23(11-4-5-12-23)20-7-2-3-8-21(20)26;/h2-3,7-8,19H,4-6,9-18H2,1H3,(H,24,25);1H. The van der Waals surface area contributed by atoms with E-state index in [1.54, 1.807) is 0 Å². The molecule has 0 atom stereocenters. The molecule has 3 aliphatic rings. The summed E-state index contributed by atoms with van der Waals surface area (Å²) in [6.45, 7) is 5.43. The Bertz CT molecular complexity index is 670. The van der Waals surface area contributed by atoms with Gasteiger partial charge in [0, 0.05) is 57.7 Å². The molecule has 1 spiro atoms. The number of hydrogen-bond acceptors (Lipinski definition) is 3. The van der Waals surface area contributed by atoms with Gasteiger partial charge in [0.2, 0.25) is 0 Å². The van der Waals surface area contributed by atoms with Crippen LogP contribution < -0.4 is 10.2 Å². The van der Waals surface area contributed by atoms with Crippen molar-refractivity contribution >= 4 is 35.6 Å². The van der Waals surface area contributed by atoms with Gasteiger partial charge in [-0.3, -0.25) is 4.99 Å². The third kappa shape index (κ3) is 5.25. The second-order valence-corrected chi connectivity index (χ2v) is 8.55. The van der Waals surface area contributed by atoms with E-state index in [-0.39, 0.29) is 24.0 Å². The summed E-state index contributed by atoms with van der Waals surface area (Å²) in [5, 5.41) is 3.57. The highest BCUT2D eigenvalue weighted by Crippen LogP contribution is 2.50. The Balaban J connectivity index is 0.00000240. The fourth-order valence-corrected chi connectivity index (χ4v) is 5.13. The molecule has 0 aromatic heterocycles. The molecule has 1 saturated heterocycles. The summed E-state index contributed by atoms with van der Waals surface area (Å²) in [6, 6.07) is 8.93. The highest BCUT2D eigenvalue weighted by molar-refractivity contribution is 14.0. The van der Waals surface area contributed by atoms with Gasteiger partial charge in [0.25, 0.3) is 0 Å². The molecule has 0 amide bonds. The number of ether oxygens (including phenoxy) is 2. The molecule has 0 unspecified atom stereocenters. The van der Waals surface area contributed by atoms with Gasteiger partial charge >= 0.3 is 0 Å². The molecular formula is C23H36IN3O2. The van der Waals surface area contributed by atoms with E-state index in [1.807, 2.05) is 7.05 Å². The van der Waals surface area contributed by atoms with Crippen LogP contribution in [0.3, 0.4) is 0 Å². The number of fused-ring (bicyclic) bond motifs is 2. The Morgan fingerprint density at radius 1 is 1.24 bits per heavy atom. The average molecular weight is 513 g/mol. The lowest BCUT2D eigenvalue weighted by atomic mass is 9.81. The van der Waals surface area contributed by atoms with Gasteiger partial charge in [0.05, 0.1) is 0 Å². The zero-order valence-corrected chi connectivity index (χ0v) is 20.0. The molecule has 2 heterocycles. The van der Waals surface area contributed by atoms with Crippen molar-refractivity contribution < 1.29 is 9.47 Å². The second-order valence-electron chi connectivity index (χ2n) is 8.55. The summed E-state index contributed by atoms with van der Waals surface area (Å²) >= 11 is 0. The van der Waals surface area contributed by atoms with Crippen LogP contribution in [-0.2, 0) is 14.9 Å². The molecule has 4 rings (SSSR count). The van der Waals surface area contributed by atoms with Crippen molar-refractivity contribution in [1.82, 2.24) is 5.32 Å². The Kier molecular flexibility index (Phi) is 8.62. The van der Waals surface area contributed by atoms with Crippen molar-refractivity contribution in [2.24, 2.45) is 10.9 Å². The van der Waals surface area contributed by atoms with E-state index >= 15 is 0 Å². The summed E-state index contributed by atoms with van der Waals surface area (Å²) in [7, 11) is 1.90. The summed E-state index contributed by atoms with van der Waals surface area (Å²) in [4.78, 5) is 7.00. The van der Waals surface area contributed by atoms with E-state index in [9.17, 15) is 0 Å². The predicted molar refractivity (Wildman–Crippen MR) is 130 cm³/mol. The van der Waals surface area contributed by atoms with E-state index in [0.29, 0.717) is 11.3 Å². The largest absolute Gasteiger partial charge is 0.381 e. The number of nitrogens with zero attached hydrogens (tertiary/aromatic N) is 2. The number of nitrogens with one attached hydrogen (secondary N) is 1. The zero-order valence-electron chi connectivity index (χ0n) is 17.7. The number of guanidine groups is 1. The minimum Gasteiger partial charge on any atom is -0.381 e. The van der Waals surface area contributed by atoms with Gasteiger partial charge in [-0.25, -0.2) is 0 Å². The Hall–Kier alpha value is -0.860. The summed E-state index contributed by atoms with van der Waals surface area (Å²) < 4.78 is 11.3. The number of anilines is 1. The first kappa shape index (κ1) is 22.8. The lowest BCUT2D eigenvalue weighted by Crippen LogP contribution is -2.43. The van der Waals surface area contributed by atoms with Crippen LogP contribution in [0.1, 0.15) is 50.5 Å². The van der Waals surface area contributed by atoms with Crippen LogP contribution in [0.15, 0.2) is 29.3 Å². The van der Waals surface area contributed by atoms with Gasteiger partial charge in [0.15, 0.2) is 5.96 Å². The number of para-hydroxylation sites is 1. The molecule has 0 radical (unpaired) electrons. The van der Waals surface area contributed by atoms with Gasteiger partial charge in [0.1, 0.15) is 0 Å². The molecular weight excluding hydrogens is 477 g/mol. The third-order valence-electron chi connectivity index (χ3n) is 6.70. The Morgan fingerprint density at radius 2 is 2.00 bits per heavy atom. The monoisotopic (exact) mass is 513 g/mol. The van der Waals surface area contributed by atoms with E-state index in [1.165, 1.54) is 36.9 Å². The number of hydrogen-bond donors (Lipinski definition) is 1. The number of rotatable bonds is 6. The van der Waals surface area contributed by atoms with Crippen LogP contribution in [0.2, 0.25) is 0 Å². The summed E-state index contributed by atoms with van der Waals surface area (Å²) in [5.74, 6) is 1.68. The van der Waals surface area contributed by atoms with Gasteiger partial charge in [-0.15, -0.1) is 24.0 Å². The molecule has 0 bridgehead atoms. The van der Waals surface area contributed by atoms with Gasteiger partial charge < -0.3 is 19.7 Å². The molecule has 1 aliphatic carbocycles. The van der Waals surface area contributed by atoms with E-state index < -0.39 is 0 Å². The first-order valence-corrected chi connectivity index (χ1v) is 11.1. The quantitative estimate of drug-likeness (QED) is 0.266. The second kappa shape index (κ2) is 11.0. The number of aliphatic imine (C=N–C) groups is 1. The molecule has 1 aromatic carbocycles. The summed E-state index contributed by atoms with van der Waals surface area (Å²) in [6.07, 6.45) is 8.58. The first-order valence-electron chi connectivity index (χ1n) is 11.1. The van der Waals surface area contributed by atoms with Crippen molar-refractivity contribution in [3.05, 3.63) is 29.8 Å². The maximum Gasteiger partial charge on any atom is 0.198 e. The number of halogens is 1. The van der Waals surface area contributed by atoms with E-state index in [0.717, 1.165) is 64.7 Å². The van der Waals surface area contributed by atoms with Crippen molar-refractivity contribution in [3.63, 3.8) is 0 Å². The zero-order chi connectivity index (χ0) is 19.2. The van der Waals surface area contributed by atoms with Gasteiger partial charge in [-0.05, 0) is 49.7 Å². The van der Waals surface area contributed by atoms with E-state index in [2.05, 4.69) is 39.5 Å². The molecule has 1 N–H and O–H groups in total. The maximum atomic E-state index is 5.90. The van der Waals surface area contributed by atoms with Crippen LogP contribution in [0.5, 0.6) is 0 Å². The lowest BCUT2D eigenvalue weighted by Gasteiger charge is -2.26. The van der Waals surface area contributed by atoms with Crippen molar-refractivity contribution in [2.75, 3.05) is 51.5 Å². The highest BCUT2D eigenvalue weighted by atomic mass is 127. The van der Waals surface area contributed by atoms with Crippen molar-refractivity contribution in [3.8, 4) is 0 Å². The topological polar surface area (TPSA) is 46.1 Å². The SMILES string of the molecule is CN=C(NCCCOCC1CCOCC1)N1CC2(CCCC2)c2ccccc21.I. The lowest BCUT2D eigenvalue weighted by molar-refractivity contribution is 0.0203. The fourth-order valence-electron chi connectivity index (χ4n) is 5.13. The minimum atomic E-state index is 0. The summed E-state index contributed by atoms with van der Waals surface area (Å²) in [5.41, 5.74) is 3.20. The van der Waals surface area contributed by atoms with Crippen molar-refractivity contribution in [2.45, 2.75) is 50.4 Å². The molecule has 162 valence electrons. The van der Waals surface area contributed by atoms with Crippen LogP contribution in [0.4, 0.5) is 5.69 Å². The van der Waals surface area contributed by atoms with Crippen LogP contribution in [0, 0.1) is 5.92 Å². The first-order chi connectivity index (χ1) is 13.8. The van der Waals surface area contributed by atoms with Crippen molar-refractivity contribution in [1.29, 1.82) is 0 Å². The smallest absolute Gasteiger partial charge is 0.198 e. The van der Waals surface area contributed by atoms with Gasteiger partial charge in [-0.1, -0.05) is 31.0 Å². The molecule has 5 nitrogen and oxygen atoms in total. The normalized spacial score (nSPS) is 21.3. The average Bonchev–Trinajstić information content (AvgIpc) is 3.34. The predicted octanol–water partition coefficient (Wildman–Crippen LogP) is 4.35.